The highest BCUT2D eigenvalue weighted by Gasteiger charge is 2.36. The number of rotatable bonds is 6. The van der Waals surface area contributed by atoms with Gasteiger partial charge in [0.15, 0.2) is 0 Å². The lowest BCUT2D eigenvalue weighted by molar-refractivity contribution is 0.134. The summed E-state index contributed by atoms with van der Waals surface area (Å²) in [5.41, 5.74) is 0.502. The lowest BCUT2D eigenvalue weighted by Crippen LogP contribution is -2.32. The molecule has 0 aromatic rings. The Morgan fingerprint density at radius 2 is 1.69 bits per heavy atom. The van der Waals surface area contributed by atoms with Crippen molar-refractivity contribution in [2.24, 2.45) is 10.8 Å². The van der Waals surface area contributed by atoms with Crippen LogP contribution in [-0.2, 0) is 0 Å². The molecule has 0 nitrogen and oxygen atoms in total. The molecule has 0 amide bonds. The van der Waals surface area contributed by atoms with Crippen molar-refractivity contribution in [1.82, 2.24) is 0 Å². The van der Waals surface area contributed by atoms with Crippen LogP contribution in [0, 0.1) is 10.8 Å². The molecule has 0 aliphatic heterocycles. The molecule has 0 aliphatic carbocycles. The van der Waals surface area contributed by atoms with Gasteiger partial charge in [-0.1, -0.05) is 46.3 Å². The maximum absolute atomic E-state index is 3.97. The minimum Gasteiger partial charge on any atom is -0.103 e. The molecule has 0 aromatic heterocycles. The van der Waals surface area contributed by atoms with Crippen molar-refractivity contribution >= 4 is 0 Å². The molecule has 0 aromatic carbocycles. The zero-order valence-corrected chi connectivity index (χ0v) is 9.69. The molecule has 0 unspecified atom stereocenters. The summed E-state index contributed by atoms with van der Waals surface area (Å²) in [7, 11) is 0. The predicted molar refractivity (Wildman–Crippen MR) is 61.8 cm³/mol. The van der Waals surface area contributed by atoms with E-state index in [0.29, 0.717) is 0 Å². The van der Waals surface area contributed by atoms with E-state index < -0.39 is 0 Å². The van der Waals surface area contributed by atoms with E-state index >= 15 is 0 Å². The van der Waals surface area contributed by atoms with E-state index in [0.717, 1.165) is 6.42 Å². The van der Waals surface area contributed by atoms with Crippen LogP contribution in [-0.4, -0.2) is 0 Å². The molecule has 0 saturated heterocycles. The van der Waals surface area contributed by atoms with Gasteiger partial charge in [-0.15, -0.1) is 13.2 Å². The summed E-state index contributed by atoms with van der Waals surface area (Å²) in [6.07, 6.45) is 7.59. The molecule has 0 saturated carbocycles. The minimum atomic E-state index is 0.232. The first-order valence-corrected chi connectivity index (χ1v) is 5.18. The molecule has 0 aliphatic rings. The molecule has 0 N–H and O–H groups in total. The second-order valence-corrected chi connectivity index (χ2v) is 4.75. The van der Waals surface area contributed by atoms with Crippen molar-refractivity contribution in [3.63, 3.8) is 0 Å². The maximum Gasteiger partial charge on any atom is -0.00952 e. The molecule has 1 atom stereocenters. The molecule has 76 valence electrons. The van der Waals surface area contributed by atoms with Gasteiger partial charge in [0, 0.05) is 0 Å². The van der Waals surface area contributed by atoms with E-state index in [9.17, 15) is 0 Å². The minimum absolute atomic E-state index is 0.232. The Labute approximate surface area is 83.7 Å². The first-order chi connectivity index (χ1) is 5.93. The third-order valence-electron chi connectivity index (χ3n) is 3.42. The number of allylic oxidation sites excluding steroid dienone is 2. The molecule has 0 bridgehead atoms. The van der Waals surface area contributed by atoms with Gasteiger partial charge in [-0.25, -0.2) is 0 Å². The Hall–Kier alpha value is -0.520. The Morgan fingerprint density at radius 1 is 1.15 bits per heavy atom. The summed E-state index contributed by atoms with van der Waals surface area (Å²) in [6, 6.07) is 0. The Kier molecular flexibility index (Phi) is 4.46. The third kappa shape index (κ3) is 2.72. The Morgan fingerprint density at radius 3 is 2.00 bits per heavy atom. The smallest absolute Gasteiger partial charge is 0.00952 e. The normalized spacial score (nSPS) is 16.3. The van der Waals surface area contributed by atoms with Gasteiger partial charge in [0.1, 0.15) is 0 Å². The van der Waals surface area contributed by atoms with Crippen molar-refractivity contribution in [3.8, 4) is 0 Å². The van der Waals surface area contributed by atoms with Crippen molar-refractivity contribution in [2.45, 2.75) is 47.0 Å². The molecule has 0 fully saturated rings. The van der Waals surface area contributed by atoms with E-state index in [1.165, 1.54) is 12.8 Å². The summed E-state index contributed by atoms with van der Waals surface area (Å²) < 4.78 is 0. The van der Waals surface area contributed by atoms with Crippen molar-refractivity contribution < 1.29 is 0 Å². The highest BCUT2D eigenvalue weighted by Crippen LogP contribution is 2.45. The fraction of sp³-hybridized carbons (Fsp3) is 0.692. The molecule has 0 spiro atoms. The molecular weight excluding hydrogens is 156 g/mol. The molecule has 13 heavy (non-hydrogen) atoms. The van der Waals surface area contributed by atoms with Crippen molar-refractivity contribution in [1.29, 1.82) is 0 Å². The van der Waals surface area contributed by atoms with E-state index in [4.69, 9.17) is 0 Å². The molecular formula is C13H24. The van der Waals surface area contributed by atoms with Crippen LogP contribution in [0.4, 0.5) is 0 Å². The predicted octanol–water partition coefficient (Wildman–Crippen LogP) is 4.58. The van der Waals surface area contributed by atoms with E-state index in [1.807, 2.05) is 6.08 Å². The Balaban J connectivity index is 4.70. The summed E-state index contributed by atoms with van der Waals surface area (Å²) in [5.74, 6) is 0. The number of hydrogen-bond acceptors (Lipinski definition) is 0. The fourth-order valence-electron chi connectivity index (χ4n) is 1.83. The molecule has 0 radical (unpaired) electrons. The zero-order chi connectivity index (χ0) is 10.5. The summed E-state index contributed by atoms with van der Waals surface area (Å²) >= 11 is 0. The molecule has 0 heteroatoms. The average molecular weight is 180 g/mol. The average Bonchev–Trinajstić information content (AvgIpc) is 2.04. The van der Waals surface area contributed by atoms with E-state index in [2.05, 4.69) is 46.9 Å². The van der Waals surface area contributed by atoms with Crippen LogP contribution in [0.1, 0.15) is 47.0 Å². The molecule has 0 heterocycles. The van der Waals surface area contributed by atoms with Crippen LogP contribution in [0.3, 0.4) is 0 Å². The van der Waals surface area contributed by atoms with Crippen molar-refractivity contribution in [3.05, 3.63) is 25.3 Å². The van der Waals surface area contributed by atoms with Crippen molar-refractivity contribution in [2.75, 3.05) is 0 Å². The first-order valence-electron chi connectivity index (χ1n) is 5.18. The van der Waals surface area contributed by atoms with Gasteiger partial charge in [-0.05, 0) is 23.7 Å². The highest BCUT2D eigenvalue weighted by molar-refractivity contribution is 5.02. The monoisotopic (exact) mass is 180 g/mol. The number of hydrogen-bond donors (Lipinski definition) is 0. The van der Waals surface area contributed by atoms with Gasteiger partial charge >= 0.3 is 0 Å². The van der Waals surface area contributed by atoms with Crippen LogP contribution >= 0.6 is 0 Å². The quantitative estimate of drug-likeness (QED) is 0.525. The van der Waals surface area contributed by atoms with Gasteiger partial charge in [0.25, 0.3) is 0 Å². The van der Waals surface area contributed by atoms with Gasteiger partial charge < -0.3 is 0 Å². The SMILES string of the molecule is C=CCC(C)(C)[C@@](C)(C=C)CCC. The highest BCUT2D eigenvalue weighted by atomic mass is 14.4. The largest absolute Gasteiger partial charge is 0.103 e. The van der Waals surface area contributed by atoms with Gasteiger partial charge in [0.05, 0.1) is 0 Å². The zero-order valence-electron chi connectivity index (χ0n) is 9.69. The van der Waals surface area contributed by atoms with Crippen LogP contribution < -0.4 is 0 Å². The second-order valence-electron chi connectivity index (χ2n) is 4.75. The molecule has 0 rings (SSSR count). The van der Waals surface area contributed by atoms with Crippen LogP contribution in [0.15, 0.2) is 25.3 Å². The summed E-state index contributed by atoms with van der Waals surface area (Å²) in [5, 5.41) is 0. The van der Waals surface area contributed by atoms with Gasteiger partial charge in [-0.2, -0.15) is 0 Å². The maximum atomic E-state index is 3.97. The first kappa shape index (κ1) is 12.5. The van der Waals surface area contributed by atoms with E-state index in [-0.39, 0.29) is 10.8 Å². The lowest BCUT2D eigenvalue weighted by atomic mass is 9.63. The Bertz CT molecular complexity index is 176. The van der Waals surface area contributed by atoms with E-state index in [1.54, 1.807) is 0 Å². The van der Waals surface area contributed by atoms with Crippen LogP contribution in [0.5, 0.6) is 0 Å². The van der Waals surface area contributed by atoms with Gasteiger partial charge in [0.2, 0.25) is 0 Å². The topological polar surface area (TPSA) is 0 Å². The summed E-state index contributed by atoms with van der Waals surface area (Å²) in [6.45, 7) is 16.9. The third-order valence-corrected chi connectivity index (χ3v) is 3.42. The van der Waals surface area contributed by atoms with Crippen LogP contribution in [0.2, 0.25) is 0 Å². The fourth-order valence-corrected chi connectivity index (χ4v) is 1.83. The van der Waals surface area contributed by atoms with Gasteiger partial charge in [-0.3, -0.25) is 0 Å². The van der Waals surface area contributed by atoms with Crippen LogP contribution in [0.25, 0.3) is 0 Å². The lowest BCUT2D eigenvalue weighted by Gasteiger charge is -2.42. The summed E-state index contributed by atoms with van der Waals surface area (Å²) in [4.78, 5) is 0. The second kappa shape index (κ2) is 4.64. The standard InChI is InChI=1S/C13H24/c1-7-10-12(4,5)13(6,9-3)11-8-2/h7,9H,1,3,8,10-11H2,2,4-6H3/t13-/m0/s1.